The third-order valence-electron chi connectivity index (χ3n) is 3.41. The summed E-state index contributed by atoms with van der Waals surface area (Å²) in [5, 5.41) is 20.3. The summed E-state index contributed by atoms with van der Waals surface area (Å²) in [6.45, 7) is 3.15. The first-order chi connectivity index (χ1) is 9.97. The van der Waals surface area contributed by atoms with Gasteiger partial charge in [0.1, 0.15) is 11.6 Å². The molecule has 0 amide bonds. The Morgan fingerprint density at radius 1 is 1.29 bits per heavy atom. The number of hydrogen-bond donors (Lipinski definition) is 0. The third kappa shape index (κ3) is 2.54. The van der Waals surface area contributed by atoms with E-state index in [-0.39, 0.29) is 29.1 Å². The highest BCUT2D eigenvalue weighted by molar-refractivity contribution is 5.52. The van der Waals surface area contributed by atoms with Gasteiger partial charge < -0.3 is 4.57 Å². The minimum absolute atomic E-state index is 0.120. The molecule has 0 atom stereocenters. The van der Waals surface area contributed by atoms with Crippen LogP contribution in [-0.4, -0.2) is 9.49 Å². The molecule has 0 saturated carbocycles. The van der Waals surface area contributed by atoms with E-state index in [0.29, 0.717) is 0 Å². The van der Waals surface area contributed by atoms with Crippen molar-refractivity contribution in [3.63, 3.8) is 0 Å². The highest BCUT2D eigenvalue weighted by atomic mass is 16.6. The molecular weight excluding hydrogens is 270 g/mol. The number of nitrogens with zero attached hydrogens (tertiary/aromatic N) is 3. The van der Waals surface area contributed by atoms with E-state index in [4.69, 9.17) is 5.26 Å². The number of nitriles is 1. The van der Waals surface area contributed by atoms with Gasteiger partial charge in [0.2, 0.25) is 0 Å². The van der Waals surface area contributed by atoms with E-state index >= 15 is 0 Å². The van der Waals surface area contributed by atoms with Gasteiger partial charge in [0, 0.05) is 0 Å². The van der Waals surface area contributed by atoms with Crippen molar-refractivity contribution >= 4 is 5.69 Å². The average molecular weight is 283 g/mol. The van der Waals surface area contributed by atoms with Crippen LogP contribution in [0.25, 0.3) is 0 Å². The molecule has 1 aromatic heterocycles. The van der Waals surface area contributed by atoms with E-state index in [0.717, 1.165) is 5.56 Å². The normalized spacial score (nSPS) is 10.1. The first kappa shape index (κ1) is 14.5. The van der Waals surface area contributed by atoms with E-state index in [1.165, 1.54) is 18.4 Å². The molecule has 0 N–H and O–H groups in total. The van der Waals surface area contributed by atoms with Crippen LogP contribution in [0.1, 0.15) is 22.4 Å². The standard InChI is InChI=1S/C15H13N3O3/c1-10-13(8-16)15(19)17(11(2)14(10)18(20)21)9-12-6-4-3-5-7-12/h3-7H,9H2,1-2H3. The predicted molar refractivity (Wildman–Crippen MR) is 77.1 cm³/mol. The van der Waals surface area contributed by atoms with Crippen molar-refractivity contribution in [1.29, 1.82) is 5.26 Å². The summed E-state index contributed by atoms with van der Waals surface area (Å²) in [7, 11) is 0. The highest BCUT2D eigenvalue weighted by Gasteiger charge is 2.24. The van der Waals surface area contributed by atoms with Crippen LogP contribution < -0.4 is 5.56 Å². The van der Waals surface area contributed by atoms with Crippen molar-refractivity contribution in [2.24, 2.45) is 0 Å². The summed E-state index contributed by atoms with van der Waals surface area (Å²) in [6, 6.07) is 10.9. The lowest BCUT2D eigenvalue weighted by atomic mass is 10.1. The fraction of sp³-hybridized carbons (Fsp3) is 0.200. The average Bonchev–Trinajstić information content (AvgIpc) is 2.45. The molecule has 106 valence electrons. The Hall–Kier alpha value is -2.94. The van der Waals surface area contributed by atoms with Gasteiger partial charge in [-0.3, -0.25) is 14.9 Å². The summed E-state index contributed by atoms with van der Waals surface area (Å²) in [6.07, 6.45) is 0. The topological polar surface area (TPSA) is 88.9 Å². The quantitative estimate of drug-likeness (QED) is 0.638. The molecule has 0 saturated heterocycles. The van der Waals surface area contributed by atoms with Crippen molar-refractivity contribution in [3.8, 4) is 6.07 Å². The summed E-state index contributed by atoms with van der Waals surface area (Å²) < 4.78 is 1.28. The number of aromatic nitrogens is 1. The molecule has 21 heavy (non-hydrogen) atoms. The molecule has 0 radical (unpaired) electrons. The number of pyridine rings is 1. The zero-order valence-corrected chi connectivity index (χ0v) is 11.7. The van der Waals surface area contributed by atoms with Crippen LogP contribution in [-0.2, 0) is 6.54 Å². The zero-order valence-electron chi connectivity index (χ0n) is 11.7. The summed E-state index contributed by atoms with van der Waals surface area (Å²) in [5.74, 6) is 0. The van der Waals surface area contributed by atoms with Crippen LogP contribution in [0.3, 0.4) is 0 Å². The lowest BCUT2D eigenvalue weighted by Crippen LogP contribution is -2.27. The Kier molecular flexibility index (Phi) is 3.85. The van der Waals surface area contributed by atoms with Gasteiger partial charge in [-0.25, -0.2) is 0 Å². The van der Waals surface area contributed by atoms with Gasteiger partial charge in [-0.15, -0.1) is 0 Å². The van der Waals surface area contributed by atoms with Gasteiger partial charge in [-0.2, -0.15) is 5.26 Å². The minimum Gasteiger partial charge on any atom is -0.301 e. The lowest BCUT2D eigenvalue weighted by molar-refractivity contribution is -0.386. The number of nitro groups is 1. The van der Waals surface area contributed by atoms with Crippen molar-refractivity contribution < 1.29 is 4.92 Å². The van der Waals surface area contributed by atoms with Gasteiger partial charge in [0.05, 0.1) is 22.7 Å². The fourth-order valence-electron chi connectivity index (χ4n) is 2.32. The molecule has 0 fully saturated rings. The Morgan fingerprint density at radius 3 is 2.43 bits per heavy atom. The molecule has 2 aromatic rings. The Bertz CT molecular complexity index is 802. The molecular formula is C15H13N3O3. The molecule has 6 nitrogen and oxygen atoms in total. The van der Waals surface area contributed by atoms with Crippen LogP contribution in [0.15, 0.2) is 35.1 Å². The largest absolute Gasteiger partial charge is 0.301 e. The van der Waals surface area contributed by atoms with Crippen molar-refractivity contribution in [3.05, 3.63) is 73.2 Å². The number of benzene rings is 1. The van der Waals surface area contributed by atoms with E-state index in [1.807, 2.05) is 30.3 Å². The summed E-state index contributed by atoms with van der Waals surface area (Å²) in [4.78, 5) is 23.0. The van der Waals surface area contributed by atoms with Gasteiger partial charge in [0.15, 0.2) is 0 Å². The lowest BCUT2D eigenvalue weighted by Gasteiger charge is -2.12. The van der Waals surface area contributed by atoms with Crippen molar-refractivity contribution in [2.45, 2.75) is 20.4 Å². The predicted octanol–water partition coefficient (Wildman–Crippen LogP) is 2.29. The second-order valence-electron chi connectivity index (χ2n) is 4.68. The Morgan fingerprint density at radius 2 is 1.90 bits per heavy atom. The molecule has 2 rings (SSSR count). The summed E-state index contributed by atoms with van der Waals surface area (Å²) in [5.41, 5.74) is 0.358. The molecule has 0 unspecified atom stereocenters. The highest BCUT2D eigenvalue weighted by Crippen LogP contribution is 2.23. The Balaban J connectivity index is 2.72. The van der Waals surface area contributed by atoms with E-state index in [1.54, 1.807) is 6.07 Å². The maximum absolute atomic E-state index is 12.3. The molecule has 1 aromatic carbocycles. The minimum atomic E-state index is -0.549. The molecule has 0 aliphatic heterocycles. The number of hydrogen-bond acceptors (Lipinski definition) is 4. The van der Waals surface area contributed by atoms with Crippen LogP contribution >= 0.6 is 0 Å². The number of rotatable bonds is 3. The maximum atomic E-state index is 12.3. The van der Waals surface area contributed by atoms with Crippen molar-refractivity contribution in [2.75, 3.05) is 0 Å². The smallest absolute Gasteiger partial charge is 0.292 e. The molecule has 0 spiro atoms. The Labute approximate surface area is 121 Å². The fourth-order valence-corrected chi connectivity index (χ4v) is 2.32. The van der Waals surface area contributed by atoms with Crippen LogP contribution in [0.4, 0.5) is 5.69 Å². The van der Waals surface area contributed by atoms with Gasteiger partial charge >= 0.3 is 0 Å². The zero-order chi connectivity index (χ0) is 15.6. The first-order valence-corrected chi connectivity index (χ1v) is 6.29. The molecule has 0 aliphatic carbocycles. The monoisotopic (exact) mass is 283 g/mol. The first-order valence-electron chi connectivity index (χ1n) is 6.29. The third-order valence-corrected chi connectivity index (χ3v) is 3.41. The van der Waals surface area contributed by atoms with Gasteiger partial charge in [0.25, 0.3) is 11.2 Å². The van der Waals surface area contributed by atoms with Crippen LogP contribution in [0.2, 0.25) is 0 Å². The summed E-state index contributed by atoms with van der Waals surface area (Å²) >= 11 is 0. The van der Waals surface area contributed by atoms with Gasteiger partial charge in [-0.05, 0) is 19.4 Å². The van der Waals surface area contributed by atoms with Crippen LogP contribution in [0, 0.1) is 35.3 Å². The molecule has 1 heterocycles. The second kappa shape index (κ2) is 5.59. The molecule has 0 aliphatic rings. The van der Waals surface area contributed by atoms with E-state index < -0.39 is 10.5 Å². The van der Waals surface area contributed by atoms with Crippen LogP contribution in [0.5, 0.6) is 0 Å². The second-order valence-corrected chi connectivity index (χ2v) is 4.68. The van der Waals surface area contributed by atoms with Crippen molar-refractivity contribution in [1.82, 2.24) is 4.57 Å². The van der Waals surface area contributed by atoms with E-state index in [2.05, 4.69) is 0 Å². The van der Waals surface area contributed by atoms with E-state index in [9.17, 15) is 14.9 Å². The SMILES string of the molecule is Cc1c([N+](=O)[O-])c(C)n(Cc2ccccc2)c(=O)c1C#N. The molecule has 6 heteroatoms. The van der Waals surface area contributed by atoms with Gasteiger partial charge in [-0.1, -0.05) is 30.3 Å². The maximum Gasteiger partial charge on any atom is 0.292 e. The molecule has 0 bridgehead atoms.